The van der Waals surface area contributed by atoms with Crippen molar-refractivity contribution in [3.8, 4) is 0 Å². The van der Waals surface area contributed by atoms with Crippen molar-refractivity contribution in [2.45, 2.75) is 4.43 Å². The molecule has 0 aromatic heterocycles. The summed E-state index contributed by atoms with van der Waals surface area (Å²) in [5.74, 6) is -0.200. The third kappa shape index (κ3) is 1.92. The van der Waals surface area contributed by atoms with Gasteiger partial charge >= 0.3 is 0 Å². The van der Waals surface area contributed by atoms with Crippen LogP contribution >= 0.6 is 38.5 Å². The zero-order chi connectivity index (χ0) is 7.56. The molecular weight excluding hydrogens is 310 g/mol. The van der Waals surface area contributed by atoms with E-state index >= 15 is 0 Å². The van der Waals surface area contributed by atoms with Gasteiger partial charge in [-0.2, -0.15) is 0 Å². The van der Waals surface area contributed by atoms with E-state index in [0.29, 0.717) is 4.47 Å². The third-order valence-corrected chi connectivity index (χ3v) is 2.63. The van der Waals surface area contributed by atoms with Gasteiger partial charge in [0.25, 0.3) is 0 Å². The van der Waals surface area contributed by atoms with Gasteiger partial charge in [0, 0.05) is 4.43 Å². The van der Waals surface area contributed by atoms with Gasteiger partial charge in [-0.15, -0.1) is 0 Å². The Balaban J connectivity index is 3.04. The normalized spacial score (nSPS) is 9.90. The highest BCUT2D eigenvalue weighted by Crippen LogP contribution is 2.18. The standard InChI is InChI=1S/C7H5BrFI/c8-6-3-5(4-10)1-2-7(6)9/h1-3H,4H2. The minimum absolute atomic E-state index is 0.200. The fourth-order valence-electron chi connectivity index (χ4n) is 0.623. The van der Waals surface area contributed by atoms with Crippen molar-refractivity contribution >= 4 is 38.5 Å². The molecule has 0 nitrogen and oxygen atoms in total. The zero-order valence-electron chi connectivity index (χ0n) is 5.07. The van der Waals surface area contributed by atoms with Crippen LogP contribution in [0.15, 0.2) is 22.7 Å². The molecule has 0 fully saturated rings. The maximum atomic E-state index is 12.6. The van der Waals surface area contributed by atoms with Gasteiger partial charge < -0.3 is 0 Å². The van der Waals surface area contributed by atoms with Crippen molar-refractivity contribution in [3.63, 3.8) is 0 Å². The van der Waals surface area contributed by atoms with E-state index in [2.05, 4.69) is 38.5 Å². The van der Waals surface area contributed by atoms with Crippen LogP contribution in [0, 0.1) is 5.82 Å². The quantitative estimate of drug-likeness (QED) is 0.549. The Hall–Kier alpha value is 0.360. The fourth-order valence-corrected chi connectivity index (χ4v) is 1.52. The average molecular weight is 315 g/mol. The van der Waals surface area contributed by atoms with Crippen molar-refractivity contribution in [1.82, 2.24) is 0 Å². The van der Waals surface area contributed by atoms with Crippen LogP contribution in [-0.4, -0.2) is 0 Å². The highest BCUT2D eigenvalue weighted by atomic mass is 127. The Morgan fingerprint density at radius 2 is 2.20 bits per heavy atom. The van der Waals surface area contributed by atoms with Crippen LogP contribution in [0.25, 0.3) is 0 Å². The maximum Gasteiger partial charge on any atom is 0.137 e. The smallest absolute Gasteiger partial charge is 0.137 e. The topological polar surface area (TPSA) is 0 Å². The Bertz CT molecular complexity index is 237. The van der Waals surface area contributed by atoms with Gasteiger partial charge in [-0.05, 0) is 33.6 Å². The second-order valence-electron chi connectivity index (χ2n) is 1.88. The van der Waals surface area contributed by atoms with E-state index in [0.717, 1.165) is 9.99 Å². The molecule has 1 aromatic rings. The van der Waals surface area contributed by atoms with Gasteiger partial charge in [-0.25, -0.2) is 4.39 Å². The van der Waals surface area contributed by atoms with Crippen molar-refractivity contribution < 1.29 is 4.39 Å². The summed E-state index contributed by atoms with van der Waals surface area (Å²) in [5.41, 5.74) is 1.13. The molecule has 10 heavy (non-hydrogen) atoms. The number of hydrogen-bond acceptors (Lipinski definition) is 0. The molecule has 0 heterocycles. The van der Waals surface area contributed by atoms with Crippen molar-refractivity contribution in [1.29, 1.82) is 0 Å². The Morgan fingerprint density at radius 3 is 2.70 bits per heavy atom. The number of benzene rings is 1. The first kappa shape index (κ1) is 8.46. The van der Waals surface area contributed by atoms with E-state index in [1.807, 2.05) is 0 Å². The monoisotopic (exact) mass is 314 g/mol. The number of halogens is 3. The minimum Gasteiger partial charge on any atom is -0.206 e. The molecular formula is C7H5BrFI. The summed E-state index contributed by atoms with van der Waals surface area (Å²) < 4.78 is 14.0. The largest absolute Gasteiger partial charge is 0.206 e. The average Bonchev–Trinajstić information content (AvgIpc) is 1.95. The molecule has 0 radical (unpaired) electrons. The first-order valence-corrected chi connectivity index (χ1v) is 5.06. The first-order valence-electron chi connectivity index (χ1n) is 2.74. The van der Waals surface area contributed by atoms with E-state index in [1.165, 1.54) is 6.07 Å². The zero-order valence-corrected chi connectivity index (χ0v) is 8.82. The van der Waals surface area contributed by atoms with Crippen molar-refractivity contribution in [3.05, 3.63) is 34.1 Å². The predicted octanol–water partition coefficient (Wildman–Crippen LogP) is 3.52. The van der Waals surface area contributed by atoms with Crippen molar-refractivity contribution in [2.75, 3.05) is 0 Å². The summed E-state index contributed by atoms with van der Waals surface area (Å²) in [6.07, 6.45) is 0. The second-order valence-corrected chi connectivity index (χ2v) is 3.50. The lowest BCUT2D eigenvalue weighted by molar-refractivity contribution is 0.620. The van der Waals surface area contributed by atoms with E-state index in [1.54, 1.807) is 12.1 Å². The molecule has 0 atom stereocenters. The van der Waals surface area contributed by atoms with Crippen LogP contribution in [-0.2, 0) is 4.43 Å². The van der Waals surface area contributed by atoms with Gasteiger partial charge in [0.2, 0.25) is 0 Å². The van der Waals surface area contributed by atoms with Crippen LogP contribution in [0.4, 0.5) is 4.39 Å². The highest BCUT2D eigenvalue weighted by Gasteiger charge is 1.97. The molecule has 0 aliphatic carbocycles. The van der Waals surface area contributed by atoms with Gasteiger partial charge in [0.1, 0.15) is 5.82 Å². The van der Waals surface area contributed by atoms with Crippen LogP contribution < -0.4 is 0 Å². The van der Waals surface area contributed by atoms with Crippen LogP contribution in [0.3, 0.4) is 0 Å². The lowest BCUT2D eigenvalue weighted by Gasteiger charge is -1.96. The van der Waals surface area contributed by atoms with Crippen molar-refractivity contribution in [2.24, 2.45) is 0 Å². The number of hydrogen-bond donors (Lipinski definition) is 0. The number of alkyl halides is 1. The SMILES string of the molecule is Fc1ccc(CI)cc1Br. The Kier molecular flexibility index (Phi) is 3.10. The van der Waals surface area contributed by atoms with Gasteiger partial charge in [0.05, 0.1) is 4.47 Å². The molecule has 0 saturated heterocycles. The van der Waals surface area contributed by atoms with E-state index in [9.17, 15) is 4.39 Å². The Morgan fingerprint density at radius 1 is 1.50 bits per heavy atom. The number of rotatable bonds is 1. The summed E-state index contributed by atoms with van der Waals surface area (Å²) in [6.45, 7) is 0. The second kappa shape index (κ2) is 3.67. The summed E-state index contributed by atoms with van der Waals surface area (Å²) in [5, 5.41) is 0. The molecule has 3 heteroatoms. The molecule has 0 aliphatic rings. The summed E-state index contributed by atoms with van der Waals surface area (Å²) in [7, 11) is 0. The highest BCUT2D eigenvalue weighted by molar-refractivity contribution is 14.1. The minimum atomic E-state index is -0.200. The molecule has 0 N–H and O–H groups in total. The fraction of sp³-hybridized carbons (Fsp3) is 0.143. The molecule has 54 valence electrons. The molecule has 0 bridgehead atoms. The third-order valence-electron chi connectivity index (χ3n) is 1.14. The van der Waals surface area contributed by atoms with E-state index in [4.69, 9.17) is 0 Å². The van der Waals surface area contributed by atoms with E-state index in [-0.39, 0.29) is 5.82 Å². The molecule has 1 rings (SSSR count). The van der Waals surface area contributed by atoms with Crippen LogP contribution in [0.2, 0.25) is 0 Å². The Labute approximate surface area is 81.1 Å². The van der Waals surface area contributed by atoms with Gasteiger partial charge in [0.15, 0.2) is 0 Å². The summed E-state index contributed by atoms with van der Waals surface area (Å²) >= 11 is 5.35. The lowest BCUT2D eigenvalue weighted by atomic mass is 10.2. The molecule has 0 saturated carbocycles. The van der Waals surface area contributed by atoms with Gasteiger partial charge in [-0.3, -0.25) is 0 Å². The molecule has 0 spiro atoms. The molecule has 0 unspecified atom stereocenters. The molecule has 1 aromatic carbocycles. The predicted molar refractivity (Wildman–Crippen MR) is 51.8 cm³/mol. The molecule has 0 aliphatic heterocycles. The molecule has 0 amide bonds. The lowest BCUT2D eigenvalue weighted by Crippen LogP contribution is -1.80. The van der Waals surface area contributed by atoms with Crippen LogP contribution in [0.1, 0.15) is 5.56 Å². The first-order chi connectivity index (χ1) is 4.74. The van der Waals surface area contributed by atoms with Gasteiger partial charge in [-0.1, -0.05) is 28.7 Å². The summed E-state index contributed by atoms with van der Waals surface area (Å²) in [6, 6.07) is 5.05. The summed E-state index contributed by atoms with van der Waals surface area (Å²) in [4.78, 5) is 0. The van der Waals surface area contributed by atoms with E-state index < -0.39 is 0 Å². The van der Waals surface area contributed by atoms with Crippen LogP contribution in [0.5, 0.6) is 0 Å². The maximum absolute atomic E-state index is 12.6.